The number of alkyl halides is 3. The van der Waals surface area contributed by atoms with Crippen molar-refractivity contribution in [1.82, 2.24) is 5.43 Å². The number of hydrazone groups is 1. The molecule has 0 saturated carbocycles. The van der Waals surface area contributed by atoms with Gasteiger partial charge >= 0.3 is 6.18 Å². The average molecular weight is 540 g/mol. The van der Waals surface area contributed by atoms with E-state index >= 15 is 0 Å². The third kappa shape index (κ3) is 6.90. The first-order valence-electron chi connectivity index (χ1n) is 9.40. The van der Waals surface area contributed by atoms with Crippen LogP contribution in [-0.2, 0) is 27.4 Å². The Morgan fingerprint density at radius 1 is 1.00 bits per heavy atom. The number of hydrogen-bond donors (Lipinski definition) is 2. The van der Waals surface area contributed by atoms with E-state index in [0.29, 0.717) is 17.7 Å². The van der Waals surface area contributed by atoms with Gasteiger partial charge in [-0.2, -0.15) is 18.3 Å². The fourth-order valence-corrected chi connectivity index (χ4v) is 4.31. The minimum absolute atomic E-state index is 0.0962. The van der Waals surface area contributed by atoms with Crippen LogP contribution >= 0.6 is 15.9 Å². The smallest absolute Gasteiger partial charge is 0.279 e. The SMILES string of the molecule is O=C(Cc1cccc(Br)c1)N/N=C/c1ccccc1NS(=O)(=O)c1ccc(C(F)(F)F)cc1. The highest BCUT2D eigenvalue weighted by atomic mass is 79.9. The number of hydrogen-bond acceptors (Lipinski definition) is 4. The largest absolute Gasteiger partial charge is 0.416 e. The van der Waals surface area contributed by atoms with Crippen molar-refractivity contribution in [1.29, 1.82) is 0 Å². The van der Waals surface area contributed by atoms with Gasteiger partial charge in [-0.15, -0.1) is 0 Å². The lowest BCUT2D eigenvalue weighted by molar-refractivity contribution is -0.137. The lowest BCUT2D eigenvalue weighted by atomic mass is 10.1. The van der Waals surface area contributed by atoms with E-state index in [2.05, 4.69) is 31.2 Å². The van der Waals surface area contributed by atoms with Crippen molar-refractivity contribution >= 4 is 43.8 Å². The monoisotopic (exact) mass is 539 g/mol. The second kappa shape index (κ2) is 10.2. The van der Waals surface area contributed by atoms with Crippen molar-refractivity contribution in [3.8, 4) is 0 Å². The number of nitrogens with zero attached hydrogens (tertiary/aromatic N) is 1. The predicted octanol–water partition coefficient (Wildman–Crippen LogP) is 4.96. The van der Waals surface area contributed by atoms with E-state index in [-0.39, 0.29) is 22.9 Å². The topological polar surface area (TPSA) is 87.6 Å². The Morgan fingerprint density at radius 2 is 1.70 bits per heavy atom. The van der Waals surface area contributed by atoms with Crippen LogP contribution in [0.3, 0.4) is 0 Å². The molecule has 0 aliphatic carbocycles. The van der Waals surface area contributed by atoms with E-state index in [1.807, 2.05) is 6.07 Å². The minimum atomic E-state index is -4.57. The lowest BCUT2D eigenvalue weighted by Gasteiger charge is -2.12. The molecule has 0 aliphatic rings. The number of benzene rings is 3. The van der Waals surface area contributed by atoms with Gasteiger partial charge in [0.1, 0.15) is 0 Å². The van der Waals surface area contributed by atoms with Crippen LogP contribution < -0.4 is 10.1 Å². The average Bonchev–Trinajstić information content (AvgIpc) is 2.74. The van der Waals surface area contributed by atoms with Crippen molar-refractivity contribution in [2.75, 3.05) is 4.72 Å². The van der Waals surface area contributed by atoms with E-state index in [9.17, 15) is 26.4 Å². The fraction of sp³-hybridized carbons (Fsp3) is 0.0909. The molecule has 0 spiro atoms. The first-order chi connectivity index (χ1) is 15.5. The Bertz CT molecular complexity index is 1280. The first kappa shape index (κ1) is 24.5. The van der Waals surface area contributed by atoms with Crippen molar-refractivity contribution in [3.63, 3.8) is 0 Å². The van der Waals surface area contributed by atoms with E-state index in [1.54, 1.807) is 36.4 Å². The van der Waals surface area contributed by atoms with E-state index in [1.165, 1.54) is 12.3 Å². The number of amides is 1. The molecule has 0 unspecified atom stereocenters. The van der Waals surface area contributed by atoms with Gasteiger partial charge in [-0.05, 0) is 48.0 Å². The van der Waals surface area contributed by atoms with Gasteiger partial charge in [0.25, 0.3) is 10.0 Å². The molecular weight excluding hydrogens is 523 g/mol. The number of carbonyl (C=O) groups is 1. The summed E-state index contributed by atoms with van der Waals surface area (Å²) in [6, 6.07) is 16.6. The number of para-hydroxylation sites is 1. The van der Waals surface area contributed by atoms with Gasteiger partial charge in [0.05, 0.1) is 28.8 Å². The van der Waals surface area contributed by atoms with Gasteiger partial charge in [0, 0.05) is 10.0 Å². The van der Waals surface area contributed by atoms with Gasteiger partial charge in [0.2, 0.25) is 5.91 Å². The van der Waals surface area contributed by atoms with Crippen molar-refractivity contribution < 1.29 is 26.4 Å². The number of rotatable bonds is 7. The maximum atomic E-state index is 12.7. The molecule has 0 saturated heterocycles. The Morgan fingerprint density at radius 3 is 2.36 bits per heavy atom. The normalized spacial score (nSPS) is 12.0. The van der Waals surface area contributed by atoms with Crippen LogP contribution in [0, 0.1) is 0 Å². The summed E-state index contributed by atoms with van der Waals surface area (Å²) in [5, 5.41) is 3.87. The molecule has 0 aromatic heterocycles. The van der Waals surface area contributed by atoms with Crippen LogP contribution in [0.25, 0.3) is 0 Å². The van der Waals surface area contributed by atoms with Crippen LogP contribution in [0.1, 0.15) is 16.7 Å². The second-order valence-electron chi connectivity index (χ2n) is 6.81. The molecule has 3 aromatic carbocycles. The predicted molar refractivity (Wildman–Crippen MR) is 122 cm³/mol. The second-order valence-corrected chi connectivity index (χ2v) is 9.41. The van der Waals surface area contributed by atoms with E-state index in [0.717, 1.165) is 22.2 Å². The van der Waals surface area contributed by atoms with E-state index < -0.39 is 21.8 Å². The number of carbonyl (C=O) groups excluding carboxylic acids is 1. The third-order valence-corrected chi connectivity index (χ3v) is 6.22. The Kier molecular flexibility index (Phi) is 7.54. The summed E-state index contributed by atoms with van der Waals surface area (Å²) in [7, 11) is -4.16. The molecule has 11 heteroatoms. The molecule has 3 aromatic rings. The Hall–Kier alpha value is -3.18. The highest BCUT2D eigenvalue weighted by molar-refractivity contribution is 9.10. The molecule has 0 bridgehead atoms. The molecule has 0 fully saturated rings. The Balaban J connectivity index is 1.70. The van der Waals surface area contributed by atoms with Gasteiger partial charge in [-0.1, -0.05) is 46.3 Å². The number of anilines is 1. The van der Waals surface area contributed by atoms with Gasteiger partial charge < -0.3 is 0 Å². The summed E-state index contributed by atoms with van der Waals surface area (Å²) in [5.41, 5.74) is 2.69. The molecule has 2 N–H and O–H groups in total. The Labute approximate surface area is 196 Å². The standard InChI is InChI=1S/C22H17BrF3N3O3S/c23-18-6-3-4-15(12-18)13-21(30)28-27-14-16-5-1-2-7-20(16)29-33(31,32)19-10-8-17(9-11-19)22(24,25)26/h1-12,14,29H,13H2,(H,28,30)/b27-14+. The summed E-state index contributed by atoms with van der Waals surface area (Å²) in [5.74, 6) is -0.368. The van der Waals surface area contributed by atoms with Crippen LogP contribution in [0.2, 0.25) is 0 Å². The zero-order valence-electron chi connectivity index (χ0n) is 16.8. The summed E-state index contributed by atoms with van der Waals surface area (Å²) in [6.45, 7) is 0. The third-order valence-electron chi connectivity index (χ3n) is 4.34. The molecule has 6 nitrogen and oxygen atoms in total. The molecule has 1 amide bonds. The van der Waals surface area contributed by atoms with Gasteiger partial charge in [-0.25, -0.2) is 13.8 Å². The first-order valence-corrected chi connectivity index (χ1v) is 11.7. The molecule has 0 radical (unpaired) electrons. The molecule has 172 valence electrons. The summed E-state index contributed by atoms with van der Waals surface area (Å²) < 4.78 is 66.6. The zero-order valence-corrected chi connectivity index (χ0v) is 19.2. The van der Waals surface area contributed by atoms with Crippen LogP contribution in [0.4, 0.5) is 18.9 Å². The highest BCUT2D eigenvalue weighted by Gasteiger charge is 2.30. The minimum Gasteiger partial charge on any atom is -0.279 e. The number of halogens is 4. The lowest BCUT2D eigenvalue weighted by Crippen LogP contribution is -2.20. The number of nitrogens with one attached hydrogen (secondary N) is 2. The quantitative estimate of drug-likeness (QED) is 0.328. The maximum absolute atomic E-state index is 12.7. The van der Waals surface area contributed by atoms with Crippen molar-refractivity contribution in [2.45, 2.75) is 17.5 Å². The summed E-state index contributed by atoms with van der Waals surface area (Å²) in [6.07, 6.45) is -3.21. The van der Waals surface area contributed by atoms with Crippen molar-refractivity contribution in [2.24, 2.45) is 5.10 Å². The molecule has 0 aliphatic heterocycles. The highest BCUT2D eigenvalue weighted by Crippen LogP contribution is 2.30. The van der Waals surface area contributed by atoms with Crippen LogP contribution in [0.15, 0.2) is 87.3 Å². The van der Waals surface area contributed by atoms with E-state index in [4.69, 9.17) is 0 Å². The van der Waals surface area contributed by atoms with Crippen LogP contribution in [-0.4, -0.2) is 20.5 Å². The van der Waals surface area contributed by atoms with Crippen molar-refractivity contribution in [3.05, 3.63) is 94.0 Å². The molecule has 0 heterocycles. The molecule has 0 atom stereocenters. The molecule has 33 heavy (non-hydrogen) atoms. The zero-order chi connectivity index (χ0) is 24.1. The van der Waals surface area contributed by atoms with Gasteiger partial charge in [0.15, 0.2) is 0 Å². The van der Waals surface area contributed by atoms with Gasteiger partial charge in [-0.3, -0.25) is 9.52 Å². The maximum Gasteiger partial charge on any atom is 0.416 e. The van der Waals surface area contributed by atoms with Crippen LogP contribution in [0.5, 0.6) is 0 Å². The molecular formula is C22H17BrF3N3O3S. The summed E-state index contributed by atoms with van der Waals surface area (Å²) >= 11 is 3.33. The fourth-order valence-electron chi connectivity index (χ4n) is 2.77. The number of sulfonamides is 1. The summed E-state index contributed by atoms with van der Waals surface area (Å²) in [4.78, 5) is 11.7. The molecule has 3 rings (SSSR count).